The molecule has 0 spiro atoms. The first kappa shape index (κ1) is 15.5. The summed E-state index contributed by atoms with van der Waals surface area (Å²) in [5, 5.41) is 8.12. The van der Waals surface area contributed by atoms with Crippen LogP contribution in [0.4, 0.5) is 0 Å². The molecule has 0 aromatic carbocycles. The molecule has 0 saturated carbocycles. The fraction of sp³-hybridized carbons (Fsp3) is 0.812. The maximum absolute atomic E-state index is 5.90. The van der Waals surface area contributed by atoms with Crippen LogP contribution in [0.5, 0.6) is 0 Å². The molecular formula is C16H29N3O. The van der Waals surface area contributed by atoms with Crippen LogP contribution in [0.15, 0.2) is 12.4 Å². The third-order valence-electron chi connectivity index (χ3n) is 3.92. The van der Waals surface area contributed by atoms with E-state index in [4.69, 9.17) is 4.74 Å². The number of ether oxygens (including phenoxy) is 1. The number of rotatable bonds is 8. The molecule has 20 heavy (non-hydrogen) atoms. The fourth-order valence-electron chi connectivity index (χ4n) is 2.82. The molecule has 0 aliphatic carbocycles. The van der Waals surface area contributed by atoms with Gasteiger partial charge in [-0.15, -0.1) is 0 Å². The summed E-state index contributed by atoms with van der Waals surface area (Å²) >= 11 is 0. The molecular weight excluding hydrogens is 250 g/mol. The normalized spacial score (nSPS) is 21.0. The van der Waals surface area contributed by atoms with Crippen molar-refractivity contribution in [1.82, 2.24) is 15.1 Å². The lowest BCUT2D eigenvalue weighted by Crippen LogP contribution is -2.29. The maximum atomic E-state index is 5.90. The third-order valence-corrected chi connectivity index (χ3v) is 3.92. The smallest absolute Gasteiger partial charge is 0.0593 e. The summed E-state index contributed by atoms with van der Waals surface area (Å²) in [6, 6.07) is 0.378. The van der Waals surface area contributed by atoms with Gasteiger partial charge in [0.2, 0.25) is 0 Å². The molecule has 4 heteroatoms. The zero-order valence-corrected chi connectivity index (χ0v) is 13.0. The van der Waals surface area contributed by atoms with E-state index in [0.29, 0.717) is 12.1 Å². The Labute approximate surface area is 122 Å². The summed E-state index contributed by atoms with van der Waals surface area (Å²) in [6.07, 6.45) is 11.7. The quantitative estimate of drug-likeness (QED) is 0.793. The molecule has 2 heterocycles. The minimum absolute atomic E-state index is 0.378. The zero-order valence-electron chi connectivity index (χ0n) is 13.0. The van der Waals surface area contributed by atoms with Gasteiger partial charge in [0, 0.05) is 31.0 Å². The van der Waals surface area contributed by atoms with Gasteiger partial charge >= 0.3 is 0 Å². The fourth-order valence-corrected chi connectivity index (χ4v) is 2.82. The van der Waals surface area contributed by atoms with Crippen LogP contribution in [0.25, 0.3) is 0 Å². The summed E-state index contributed by atoms with van der Waals surface area (Å²) < 4.78 is 7.95. The summed E-state index contributed by atoms with van der Waals surface area (Å²) in [5.41, 5.74) is 1.31. The summed E-state index contributed by atoms with van der Waals surface area (Å²) in [4.78, 5) is 0. The number of hydrogen-bond donors (Lipinski definition) is 1. The van der Waals surface area contributed by atoms with Crippen LogP contribution in [0.1, 0.15) is 64.0 Å². The van der Waals surface area contributed by atoms with Crippen molar-refractivity contribution in [1.29, 1.82) is 0 Å². The lowest BCUT2D eigenvalue weighted by atomic mass is 9.98. The van der Waals surface area contributed by atoms with Gasteiger partial charge in [-0.2, -0.15) is 5.10 Å². The third kappa shape index (κ3) is 4.60. The Morgan fingerprint density at radius 3 is 3.00 bits per heavy atom. The van der Waals surface area contributed by atoms with E-state index in [1.165, 1.54) is 24.8 Å². The highest BCUT2D eigenvalue weighted by Gasteiger charge is 2.21. The molecule has 1 fully saturated rings. The van der Waals surface area contributed by atoms with Crippen molar-refractivity contribution >= 4 is 0 Å². The molecule has 2 atom stereocenters. The van der Waals surface area contributed by atoms with Crippen LogP contribution in [-0.2, 0) is 11.3 Å². The van der Waals surface area contributed by atoms with Gasteiger partial charge in [0.1, 0.15) is 0 Å². The van der Waals surface area contributed by atoms with Crippen LogP contribution in [0.3, 0.4) is 0 Å². The van der Waals surface area contributed by atoms with Crippen molar-refractivity contribution in [3.63, 3.8) is 0 Å². The molecule has 2 rings (SSSR count). The highest BCUT2D eigenvalue weighted by Crippen LogP contribution is 2.24. The van der Waals surface area contributed by atoms with Crippen LogP contribution in [0, 0.1) is 0 Å². The van der Waals surface area contributed by atoms with Gasteiger partial charge in [-0.25, -0.2) is 0 Å². The zero-order chi connectivity index (χ0) is 14.2. The Hall–Kier alpha value is -0.870. The van der Waals surface area contributed by atoms with Gasteiger partial charge in [0.05, 0.1) is 12.3 Å². The van der Waals surface area contributed by atoms with Crippen LogP contribution in [0.2, 0.25) is 0 Å². The Morgan fingerprint density at radius 1 is 1.40 bits per heavy atom. The van der Waals surface area contributed by atoms with E-state index in [1.807, 2.05) is 6.20 Å². The Bertz CT molecular complexity index is 372. The SMILES string of the molecule is CCCNC(CC1CCCCO1)c1cnn(CCC)c1. The van der Waals surface area contributed by atoms with E-state index < -0.39 is 0 Å². The molecule has 1 aromatic rings. The second kappa shape index (κ2) is 8.42. The Morgan fingerprint density at radius 2 is 2.30 bits per heavy atom. The minimum atomic E-state index is 0.378. The predicted molar refractivity (Wildman–Crippen MR) is 81.8 cm³/mol. The number of nitrogens with zero attached hydrogens (tertiary/aromatic N) is 2. The lowest BCUT2D eigenvalue weighted by molar-refractivity contribution is 0.00504. The average Bonchev–Trinajstić information content (AvgIpc) is 2.93. The monoisotopic (exact) mass is 279 g/mol. The number of aromatic nitrogens is 2. The van der Waals surface area contributed by atoms with E-state index in [-0.39, 0.29) is 0 Å². The van der Waals surface area contributed by atoms with Gasteiger partial charge in [0.15, 0.2) is 0 Å². The molecule has 0 radical (unpaired) electrons. The molecule has 2 unspecified atom stereocenters. The number of aryl methyl sites for hydroxylation is 1. The first-order chi connectivity index (χ1) is 9.83. The Balaban J connectivity index is 1.96. The molecule has 1 N–H and O–H groups in total. The van der Waals surface area contributed by atoms with E-state index >= 15 is 0 Å². The number of nitrogens with one attached hydrogen (secondary N) is 1. The van der Waals surface area contributed by atoms with E-state index in [1.54, 1.807) is 0 Å². The van der Waals surface area contributed by atoms with E-state index in [9.17, 15) is 0 Å². The second-order valence-electron chi connectivity index (χ2n) is 5.77. The van der Waals surface area contributed by atoms with Gasteiger partial charge in [-0.05, 0) is 45.1 Å². The molecule has 0 bridgehead atoms. The van der Waals surface area contributed by atoms with Gasteiger partial charge < -0.3 is 10.1 Å². The average molecular weight is 279 g/mol. The van der Waals surface area contributed by atoms with Gasteiger partial charge in [0.25, 0.3) is 0 Å². The lowest BCUT2D eigenvalue weighted by Gasteiger charge is -2.27. The van der Waals surface area contributed by atoms with Crippen LogP contribution >= 0.6 is 0 Å². The van der Waals surface area contributed by atoms with Gasteiger partial charge in [-0.1, -0.05) is 13.8 Å². The Kier molecular flexibility index (Phi) is 6.54. The van der Waals surface area contributed by atoms with Crippen molar-refractivity contribution in [3.05, 3.63) is 18.0 Å². The predicted octanol–water partition coefficient (Wildman–Crippen LogP) is 3.29. The van der Waals surface area contributed by atoms with Crippen molar-refractivity contribution < 1.29 is 4.74 Å². The van der Waals surface area contributed by atoms with Crippen molar-refractivity contribution in [3.8, 4) is 0 Å². The van der Waals surface area contributed by atoms with Crippen molar-refractivity contribution in [2.75, 3.05) is 13.2 Å². The summed E-state index contributed by atoms with van der Waals surface area (Å²) in [6.45, 7) is 7.38. The first-order valence-electron chi connectivity index (χ1n) is 8.20. The summed E-state index contributed by atoms with van der Waals surface area (Å²) in [5.74, 6) is 0. The van der Waals surface area contributed by atoms with Crippen LogP contribution < -0.4 is 5.32 Å². The second-order valence-corrected chi connectivity index (χ2v) is 5.77. The van der Waals surface area contributed by atoms with E-state index in [0.717, 1.165) is 39.0 Å². The molecule has 1 aliphatic rings. The molecule has 4 nitrogen and oxygen atoms in total. The molecule has 1 saturated heterocycles. The van der Waals surface area contributed by atoms with Crippen LogP contribution in [-0.4, -0.2) is 29.0 Å². The molecule has 0 amide bonds. The number of hydrogen-bond acceptors (Lipinski definition) is 3. The van der Waals surface area contributed by atoms with Gasteiger partial charge in [-0.3, -0.25) is 4.68 Å². The van der Waals surface area contributed by atoms with Crippen molar-refractivity contribution in [2.45, 2.75) is 71.1 Å². The molecule has 1 aromatic heterocycles. The first-order valence-corrected chi connectivity index (χ1v) is 8.20. The minimum Gasteiger partial charge on any atom is -0.378 e. The highest BCUT2D eigenvalue weighted by atomic mass is 16.5. The highest BCUT2D eigenvalue weighted by molar-refractivity contribution is 5.11. The standard InChI is InChI=1S/C16H29N3O/c1-3-8-17-16(11-15-7-5-6-10-20-15)14-12-18-19(13-14)9-4-2/h12-13,15-17H,3-11H2,1-2H3. The topological polar surface area (TPSA) is 39.1 Å². The van der Waals surface area contributed by atoms with Crippen molar-refractivity contribution in [2.24, 2.45) is 0 Å². The summed E-state index contributed by atoms with van der Waals surface area (Å²) in [7, 11) is 0. The molecule has 1 aliphatic heterocycles. The maximum Gasteiger partial charge on any atom is 0.0593 e. The largest absolute Gasteiger partial charge is 0.378 e. The molecule has 114 valence electrons. The van der Waals surface area contributed by atoms with E-state index in [2.05, 4.69) is 35.1 Å².